The van der Waals surface area contributed by atoms with Crippen LogP contribution >= 0.6 is 11.6 Å². The molecule has 0 bridgehead atoms. The summed E-state index contributed by atoms with van der Waals surface area (Å²) in [5.41, 5.74) is 3.40. The lowest BCUT2D eigenvalue weighted by molar-refractivity contribution is -0.121. The Labute approximate surface area is 167 Å². The van der Waals surface area contributed by atoms with Gasteiger partial charge in [0, 0.05) is 32.0 Å². The molecule has 2 aromatic rings. The van der Waals surface area contributed by atoms with E-state index in [1.165, 1.54) is 16.5 Å². The van der Waals surface area contributed by atoms with Gasteiger partial charge in [0.25, 0.3) is 5.88 Å². The first-order valence-electron chi connectivity index (χ1n) is 9.32. The Morgan fingerprint density at radius 1 is 1.14 bits per heavy atom. The van der Waals surface area contributed by atoms with Crippen LogP contribution in [0.25, 0.3) is 0 Å². The molecule has 4 rings (SSSR count). The summed E-state index contributed by atoms with van der Waals surface area (Å²) in [5.74, 6) is 1.08. The molecule has 0 unspecified atom stereocenters. The number of fused-ring (bicyclic) bond motifs is 1. The van der Waals surface area contributed by atoms with E-state index in [-0.39, 0.29) is 22.6 Å². The Balaban J connectivity index is 1.59. The first kappa shape index (κ1) is 18.7. The molecule has 0 spiro atoms. The van der Waals surface area contributed by atoms with Crippen molar-refractivity contribution in [3.63, 3.8) is 0 Å². The van der Waals surface area contributed by atoms with Crippen molar-refractivity contribution >= 4 is 23.5 Å². The predicted molar refractivity (Wildman–Crippen MR) is 102 cm³/mol. The second kappa shape index (κ2) is 7.75. The summed E-state index contributed by atoms with van der Waals surface area (Å²) in [7, 11) is 0. The molecule has 0 radical (unpaired) electrons. The summed E-state index contributed by atoms with van der Waals surface area (Å²) in [6.45, 7) is 2.64. The summed E-state index contributed by atoms with van der Waals surface area (Å²) in [6.07, 6.45) is 3.15. The quantitative estimate of drug-likeness (QED) is 0.776. The number of carbonyl (C=O) groups excluding carboxylic acids is 2. The second-order valence-electron chi connectivity index (χ2n) is 7.04. The molecule has 1 fully saturated rings. The van der Waals surface area contributed by atoms with E-state index in [1.54, 1.807) is 0 Å². The van der Waals surface area contributed by atoms with Crippen LogP contribution in [0, 0.1) is 6.92 Å². The molecular weight excluding hydrogens is 382 g/mol. The van der Waals surface area contributed by atoms with Gasteiger partial charge in [-0.1, -0.05) is 23.7 Å². The Morgan fingerprint density at radius 2 is 1.93 bits per heavy atom. The van der Waals surface area contributed by atoms with E-state index in [9.17, 15) is 9.59 Å². The summed E-state index contributed by atoms with van der Waals surface area (Å²) in [4.78, 5) is 25.4. The third-order valence-electron chi connectivity index (χ3n) is 5.10. The number of hydrogen-bond donors (Lipinski definition) is 0. The molecule has 1 saturated heterocycles. The summed E-state index contributed by atoms with van der Waals surface area (Å²) in [6, 6.07) is 5.55. The Kier molecular flexibility index (Phi) is 5.17. The van der Waals surface area contributed by atoms with E-state index in [4.69, 9.17) is 21.1 Å². The molecule has 8 heteroatoms. The van der Waals surface area contributed by atoms with Crippen LogP contribution in [0.4, 0.5) is 4.79 Å². The van der Waals surface area contributed by atoms with Crippen LogP contribution in [0.5, 0.6) is 17.4 Å². The number of nitrogens with zero attached hydrogens (tertiary/aromatic N) is 3. The minimum atomic E-state index is -0.559. The van der Waals surface area contributed by atoms with Gasteiger partial charge in [0.2, 0.25) is 0 Å². The number of amides is 1. The van der Waals surface area contributed by atoms with E-state index < -0.39 is 6.09 Å². The monoisotopic (exact) mass is 401 g/mol. The second-order valence-corrected chi connectivity index (χ2v) is 7.42. The molecule has 2 aliphatic rings. The maximum absolute atomic E-state index is 12.5. The zero-order valence-electron chi connectivity index (χ0n) is 15.5. The maximum atomic E-state index is 12.5. The minimum Gasteiger partial charge on any atom is -0.434 e. The van der Waals surface area contributed by atoms with E-state index in [2.05, 4.69) is 16.3 Å². The van der Waals surface area contributed by atoms with Gasteiger partial charge in [0.1, 0.15) is 11.5 Å². The molecule has 2 heterocycles. The van der Waals surface area contributed by atoms with Crippen LogP contribution < -0.4 is 9.47 Å². The minimum absolute atomic E-state index is 0.0919. The number of rotatable bonds is 3. The lowest BCUT2D eigenvalue weighted by Gasteiger charge is -2.25. The largest absolute Gasteiger partial charge is 0.434 e. The van der Waals surface area contributed by atoms with E-state index >= 15 is 0 Å². The number of ether oxygens (including phenoxy) is 2. The standard InChI is InChI=1S/C20H20ClN3O4/c1-12-5-6-13-3-2-4-15(13)18(12)28-19-16(11-17(21)22-23-19)27-20(26)24-9-7-14(25)8-10-24/h5-6,11H,2-4,7-10H2,1H3. The fourth-order valence-electron chi connectivity index (χ4n) is 3.57. The molecule has 1 amide bonds. The zero-order chi connectivity index (χ0) is 19.7. The molecule has 1 aliphatic heterocycles. The van der Waals surface area contributed by atoms with Crippen molar-refractivity contribution in [1.82, 2.24) is 15.1 Å². The highest BCUT2D eigenvalue weighted by molar-refractivity contribution is 6.29. The van der Waals surface area contributed by atoms with Crippen LogP contribution in [0.15, 0.2) is 18.2 Å². The number of likely N-dealkylation sites (tertiary alicyclic amines) is 1. The van der Waals surface area contributed by atoms with Gasteiger partial charge >= 0.3 is 6.09 Å². The third-order valence-corrected chi connectivity index (χ3v) is 5.28. The molecular formula is C20H20ClN3O4. The molecule has 7 nitrogen and oxygen atoms in total. The van der Waals surface area contributed by atoms with Gasteiger partial charge in [0.15, 0.2) is 10.9 Å². The topological polar surface area (TPSA) is 81.6 Å². The van der Waals surface area contributed by atoms with Crippen LogP contribution in [-0.4, -0.2) is 40.1 Å². The third kappa shape index (κ3) is 3.80. The number of Topliss-reactive ketones (excluding diaryl/α,β-unsaturated/α-hetero) is 1. The molecule has 1 aliphatic carbocycles. The van der Waals surface area contributed by atoms with Crippen molar-refractivity contribution in [2.45, 2.75) is 39.0 Å². The van der Waals surface area contributed by atoms with Crippen molar-refractivity contribution in [2.24, 2.45) is 0 Å². The fraction of sp³-hybridized carbons (Fsp3) is 0.400. The Morgan fingerprint density at radius 3 is 2.71 bits per heavy atom. The highest BCUT2D eigenvalue weighted by Crippen LogP contribution is 2.38. The van der Waals surface area contributed by atoms with Crippen LogP contribution in [-0.2, 0) is 17.6 Å². The Hall–Kier alpha value is -2.67. The van der Waals surface area contributed by atoms with Crippen LogP contribution in [0.1, 0.15) is 36.0 Å². The average molecular weight is 402 g/mol. The molecule has 0 N–H and O–H groups in total. The molecule has 1 aromatic heterocycles. The van der Waals surface area contributed by atoms with Gasteiger partial charge in [-0.15, -0.1) is 10.2 Å². The first-order valence-corrected chi connectivity index (χ1v) is 9.70. The number of carbonyl (C=O) groups is 2. The number of aryl methyl sites for hydroxylation is 2. The molecule has 0 saturated carbocycles. The summed E-state index contributed by atoms with van der Waals surface area (Å²) in [5, 5.41) is 7.92. The highest BCUT2D eigenvalue weighted by atomic mass is 35.5. The Bertz CT molecular complexity index is 937. The lowest BCUT2D eigenvalue weighted by atomic mass is 10.1. The maximum Gasteiger partial charge on any atom is 0.415 e. The van der Waals surface area contributed by atoms with Crippen LogP contribution in [0.2, 0.25) is 5.15 Å². The number of benzene rings is 1. The number of hydrogen-bond acceptors (Lipinski definition) is 6. The SMILES string of the molecule is Cc1ccc2c(c1Oc1nnc(Cl)cc1OC(=O)N1CCC(=O)CC1)CCC2. The van der Waals surface area contributed by atoms with Gasteiger partial charge in [-0.25, -0.2) is 4.79 Å². The molecule has 0 atom stereocenters. The van der Waals surface area contributed by atoms with Gasteiger partial charge in [0.05, 0.1) is 0 Å². The number of piperidine rings is 1. The molecule has 146 valence electrons. The van der Waals surface area contributed by atoms with Gasteiger partial charge in [-0.05, 0) is 42.9 Å². The molecule has 1 aromatic carbocycles. The lowest BCUT2D eigenvalue weighted by Crippen LogP contribution is -2.40. The van der Waals surface area contributed by atoms with Crippen molar-refractivity contribution < 1.29 is 19.1 Å². The normalized spacial score (nSPS) is 16.1. The number of halogens is 1. The highest BCUT2D eigenvalue weighted by Gasteiger charge is 2.25. The van der Waals surface area contributed by atoms with E-state index in [1.807, 2.05) is 13.0 Å². The fourth-order valence-corrected chi connectivity index (χ4v) is 3.71. The first-order chi connectivity index (χ1) is 13.5. The van der Waals surface area contributed by atoms with Crippen molar-refractivity contribution in [1.29, 1.82) is 0 Å². The average Bonchev–Trinajstić information content (AvgIpc) is 3.15. The van der Waals surface area contributed by atoms with Gasteiger partial charge < -0.3 is 14.4 Å². The number of aromatic nitrogens is 2. The van der Waals surface area contributed by atoms with Crippen molar-refractivity contribution in [3.05, 3.63) is 40.0 Å². The molecule has 28 heavy (non-hydrogen) atoms. The van der Waals surface area contributed by atoms with E-state index in [0.717, 1.165) is 36.1 Å². The summed E-state index contributed by atoms with van der Waals surface area (Å²) >= 11 is 5.95. The van der Waals surface area contributed by atoms with Crippen LogP contribution in [0.3, 0.4) is 0 Å². The zero-order valence-corrected chi connectivity index (χ0v) is 16.3. The summed E-state index contributed by atoms with van der Waals surface area (Å²) < 4.78 is 11.6. The van der Waals surface area contributed by atoms with Gasteiger partial charge in [-0.2, -0.15) is 0 Å². The van der Waals surface area contributed by atoms with E-state index in [0.29, 0.717) is 25.9 Å². The van der Waals surface area contributed by atoms with Crippen molar-refractivity contribution in [2.75, 3.05) is 13.1 Å². The smallest absolute Gasteiger partial charge is 0.415 e. The predicted octanol–water partition coefficient (Wildman–Crippen LogP) is 3.88. The number of ketones is 1. The van der Waals surface area contributed by atoms with Crippen molar-refractivity contribution in [3.8, 4) is 17.4 Å². The van der Waals surface area contributed by atoms with Gasteiger partial charge in [-0.3, -0.25) is 4.79 Å².